The Kier molecular flexibility index (Phi) is 3.50. The molecule has 2 rings (SSSR count). The number of thiocarbonyl (C=S) groups is 1. The predicted octanol–water partition coefficient (Wildman–Crippen LogP) is 2.03. The van der Waals surface area contributed by atoms with Crippen molar-refractivity contribution in [1.82, 2.24) is 14.8 Å². The van der Waals surface area contributed by atoms with E-state index in [4.69, 9.17) is 0 Å². The zero-order valence-electron chi connectivity index (χ0n) is 8.52. The summed E-state index contributed by atoms with van der Waals surface area (Å²) < 4.78 is 1.81. The average molecular weight is 230 g/mol. The van der Waals surface area contributed by atoms with Crippen LogP contribution in [-0.2, 0) is 6.54 Å². The summed E-state index contributed by atoms with van der Waals surface area (Å²) >= 11 is 4.65. The molecule has 0 aliphatic heterocycles. The van der Waals surface area contributed by atoms with Gasteiger partial charge in [0.15, 0.2) is 5.82 Å². The fraction of sp³-hybridized carbons (Fsp3) is 0.0909. The number of rotatable bonds is 4. The number of aromatic nitrogens is 3. The maximum atomic E-state index is 4.65. The molecule has 0 aliphatic rings. The minimum atomic E-state index is 0.657. The molecule has 0 spiro atoms. The SMILES string of the molecule is S=CC=Nc1ccn(Cc2cccnc2)n1. The lowest BCUT2D eigenvalue weighted by Crippen LogP contribution is -1.99. The minimum Gasteiger partial charge on any atom is -0.266 e. The zero-order chi connectivity index (χ0) is 11.2. The van der Waals surface area contributed by atoms with Crippen molar-refractivity contribution in [2.24, 2.45) is 4.99 Å². The largest absolute Gasteiger partial charge is 0.266 e. The van der Waals surface area contributed by atoms with Crippen LogP contribution >= 0.6 is 12.2 Å². The van der Waals surface area contributed by atoms with E-state index < -0.39 is 0 Å². The van der Waals surface area contributed by atoms with Gasteiger partial charge in [0.1, 0.15) is 0 Å². The van der Waals surface area contributed by atoms with E-state index >= 15 is 0 Å². The Labute approximate surface area is 98.7 Å². The van der Waals surface area contributed by atoms with Gasteiger partial charge in [0, 0.05) is 36.2 Å². The third-order valence-electron chi connectivity index (χ3n) is 1.96. The first-order valence-corrected chi connectivity index (χ1v) is 5.26. The van der Waals surface area contributed by atoms with E-state index in [2.05, 4.69) is 27.3 Å². The zero-order valence-corrected chi connectivity index (χ0v) is 9.34. The van der Waals surface area contributed by atoms with E-state index in [0.29, 0.717) is 12.4 Å². The van der Waals surface area contributed by atoms with Gasteiger partial charge in [0.25, 0.3) is 0 Å². The standard InChI is InChI=1S/C11H10N4S/c16-7-5-13-11-3-6-15(14-11)9-10-2-1-4-12-8-10/h1-8H,9H2. The Bertz CT molecular complexity index is 490. The Morgan fingerprint density at radius 3 is 3.12 bits per heavy atom. The molecule has 0 N–H and O–H groups in total. The lowest BCUT2D eigenvalue weighted by atomic mass is 10.3. The molecule has 2 aromatic rings. The third-order valence-corrected chi connectivity index (χ3v) is 2.08. The molecule has 5 heteroatoms. The Hall–Kier alpha value is -1.88. The molecule has 16 heavy (non-hydrogen) atoms. The molecule has 0 aromatic carbocycles. The number of hydrogen-bond donors (Lipinski definition) is 0. The molecule has 0 amide bonds. The molecule has 0 bridgehead atoms. The predicted molar refractivity (Wildman–Crippen MR) is 67.4 cm³/mol. The maximum absolute atomic E-state index is 4.65. The second kappa shape index (κ2) is 5.27. The van der Waals surface area contributed by atoms with Crippen LogP contribution in [0.4, 0.5) is 5.82 Å². The summed E-state index contributed by atoms with van der Waals surface area (Å²) in [6, 6.07) is 5.75. The van der Waals surface area contributed by atoms with E-state index in [0.717, 1.165) is 5.56 Å². The van der Waals surface area contributed by atoms with Crippen molar-refractivity contribution in [2.75, 3.05) is 0 Å². The van der Waals surface area contributed by atoms with Crippen molar-refractivity contribution in [3.05, 3.63) is 42.4 Å². The van der Waals surface area contributed by atoms with Crippen LogP contribution in [0.3, 0.4) is 0 Å². The van der Waals surface area contributed by atoms with Crippen LogP contribution in [0.15, 0.2) is 41.8 Å². The monoisotopic (exact) mass is 230 g/mol. The van der Waals surface area contributed by atoms with Crippen molar-refractivity contribution in [3.63, 3.8) is 0 Å². The smallest absolute Gasteiger partial charge is 0.173 e. The van der Waals surface area contributed by atoms with Gasteiger partial charge in [0.05, 0.1) is 6.54 Å². The molecule has 2 heterocycles. The van der Waals surface area contributed by atoms with E-state index in [-0.39, 0.29) is 0 Å². The van der Waals surface area contributed by atoms with Crippen LogP contribution in [0.5, 0.6) is 0 Å². The summed E-state index contributed by atoms with van der Waals surface area (Å²) in [5, 5.41) is 5.73. The van der Waals surface area contributed by atoms with Crippen LogP contribution in [0.2, 0.25) is 0 Å². The molecule has 0 radical (unpaired) electrons. The highest BCUT2D eigenvalue weighted by Gasteiger charge is 1.97. The maximum Gasteiger partial charge on any atom is 0.173 e. The van der Waals surface area contributed by atoms with E-state index in [9.17, 15) is 0 Å². The van der Waals surface area contributed by atoms with Gasteiger partial charge in [-0.05, 0) is 11.6 Å². The van der Waals surface area contributed by atoms with Crippen LogP contribution in [0.25, 0.3) is 0 Å². The summed E-state index contributed by atoms with van der Waals surface area (Å²) in [5.41, 5.74) is 1.11. The van der Waals surface area contributed by atoms with Crippen LogP contribution in [0.1, 0.15) is 5.56 Å². The second-order valence-electron chi connectivity index (χ2n) is 3.15. The van der Waals surface area contributed by atoms with Crippen LogP contribution in [-0.4, -0.2) is 26.3 Å². The summed E-state index contributed by atoms with van der Waals surface area (Å²) in [6.07, 6.45) is 7.00. The Morgan fingerprint density at radius 2 is 2.38 bits per heavy atom. The molecule has 0 unspecified atom stereocenters. The second-order valence-corrected chi connectivity index (χ2v) is 3.42. The first-order chi connectivity index (χ1) is 7.88. The van der Waals surface area contributed by atoms with Crippen molar-refractivity contribution in [1.29, 1.82) is 0 Å². The first kappa shape index (κ1) is 10.6. The van der Waals surface area contributed by atoms with E-state index in [1.165, 1.54) is 5.37 Å². The molecule has 0 saturated heterocycles. The highest BCUT2D eigenvalue weighted by Crippen LogP contribution is 2.07. The number of nitrogens with zero attached hydrogens (tertiary/aromatic N) is 4. The van der Waals surface area contributed by atoms with Gasteiger partial charge >= 0.3 is 0 Å². The molecule has 0 fully saturated rings. The molecule has 0 aliphatic carbocycles. The first-order valence-electron chi connectivity index (χ1n) is 4.78. The molecule has 0 saturated carbocycles. The number of hydrogen-bond acceptors (Lipinski definition) is 4. The highest BCUT2D eigenvalue weighted by atomic mass is 32.1. The number of pyridine rings is 1. The fourth-order valence-electron chi connectivity index (χ4n) is 1.29. The van der Waals surface area contributed by atoms with Gasteiger partial charge in [0.2, 0.25) is 0 Å². The van der Waals surface area contributed by atoms with Gasteiger partial charge in [-0.25, -0.2) is 4.99 Å². The molecule has 2 aromatic heterocycles. The van der Waals surface area contributed by atoms with E-state index in [1.54, 1.807) is 12.4 Å². The Balaban J connectivity index is 2.08. The quantitative estimate of drug-likeness (QED) is 0.596. The fourth-order valence-corrected chi connectivity index (χ4v) is 1.35. The summed E-state index contributed by atoms with van der Waals surface area (Å²) in [5.74, 6) is 0.657. The lowest BCUT2D eigenvalue weighted by molar-refractivity contribution is 0.686. The van der Waals surface area contributed by atoms with E-state index in [1.807, 2.05) is 35.3 Å². The van der Waals surface area contributed by atoms with Crippen LogP contribution in [0, 0.1) is 0 Å². The summed E-state index contributed by atoms with van der Waals surface area (Å²) in [6.45, 7) is 0.695. The molecular weight excluding hydrogens is 220 g/mol. The van der Waals surface area contributed by atoms with Crippen LogP contribution < -0.4 is 0 Å². The minimum absolute atomic E-state index is 0.657. The van der Waals surface area contributed by atoms with Crippen molar-refractivity contribution < 1.29 is 0 Å². The highest BCUT2D eigenvalue weighted by molar-refractivity contribution is 7.80. The normalized spacial score (nSPS) is 10.8. The molecular formula is C11H10N4S. The summed E-state index contributed by atoms with van der Waals surface area (Å²) in [4.78, 5) is 8.10. The molecule has 4 nitrogen and oxygen atoms in total. The van der Waals surface area contributed by atoms with Gasteiger partial charge in [-0.2, -0.15) is 5.10 Å². The van der Waals surface area contributed by atoms with Crippen molar-refractivity contribution in [2.45, 2.75) is 6.54 Å². The lowest BCUT2D eigenvalue weighted by Gasteiger charge is -1.99. The average Bonchev–Trinajstić information content (AvgIpc) is 2.75. The van der Waals surface area contributed by atoms with Gasteiger partial charge in [-0.15, -0.1) is 0 Å². The third kappa shape index (κ3) is 2.80. The van der Waals surface area contributed by atoms with Crippen molar-refractivity contribution in [3.8, 4) is 0 Å². The summed E-state index contributed by atoms with van der Waals surface area (Å²) in [7, 11) is 0. The number of aliphatic imine (C=N–C) groups is 1. The van der Waals surface area contributed by atoms with Gasteiger partial charge in [-0.1, -0.05) is 18.3 Å². The molecule has 80 valence electrons. The topological polar surface area (TPSA) is 43.1 Å². The van der Waals surface area contributed by atoms with Gasteiger partial charge < -0.3 is 0 Å². The van der Waals surface area contributed by atoms with Gasteiger partial charge in [-0.3, -0.25) is 9.67 Å². The Morgan fingerprint density at radius 1 is 1.44 bits per heavy atom. The molecule has 0 atom stereocenters. The van der Waals surface area contributed by atoms with Crippen molar-refractivity contribution >= 4 is 29.6 Å².